The van der Waals surface area contributed by atoms with Crippen LogP contribution in [0.3, 0.4) is 0 Å². The first-order valence-corrected chi connectivity index (χ1v) is 8.92. The van der Waals surface area contributed by atoms with Crippen LogP contribution < -0.4 is 5.32 Å². The van der Waals surface area contributed by atoms with Crippen LogP contribution in [-0.4, -0.2) is 47.6 Å². The highest BCUT2D eigenvalue weighted by Gasteiger charge is 2.29. The van der Waals surface area contributed by atoms with Crippen molar-refractivity contribution in [2.45, 2.75) is 19.3 Å². The van der Waals surface area contributed by atoms with Crippen molar-refractivity contribution < 1.29 is 9.32 Å². The first kappa shape index (κ1) is 18.2. The number of terminal acetylenes is 1. The lowest BCUT2D eigenvalue weighted by molar-refractivity contribution is -0.131. The molecular formula is C20H24N4O2. The minimum atomic E-state index is 0.106. The van der Waals surface area contributed by atoms with Crippen molar-refractivity contribution in [2.75, 3.05) is 26.7 Å². The number of hydrogen-bond donors (Lipinski definition) is 1. The molecule has 0 radical (unpaired) electrons. The lowest BCUT2D eigenvalue weighted by Crippen LogP contribution is -2.40. The van der Waals surface area contributed by atoms with Crippen LogP contribution in [0, 0.1) is 24.2 Å². The molecule has 1 N–H and O–H groups in total. The third kappa shape index (κ3) is 4.50. The fourth-order valence-electron chi connectivity index (χ4n) is 3.40. The monoisotopic (exact) mass is 352 g/mol. The lowest BCUT2D eigenvalue weighted by Gasteiger charge is -2.32. The van der Waals surface area contributed by atoms with E-state index in [1.807, 2.05) is 24.3 Å². The Hall–Kier alpha value is -2.65. The maximum Gasteiger partial charge on any atom is 0.223 e. The Balaban J connectivity index is 1.64. The van der Waals surface area contributed by atoms with E-state index >= 15 is 0 Å². The van der Waals surface area contributed by atoms with Crippen molar-refractivity contribution in [3.8, 4) is 23.8 Å². The molecule has 2 aromatic rings. The van der Waals surface area contributed by atoms with Gasteiger partial charge in [0.05, 0.1) is 12.2 Å². The van der Waals surface area contributed by atoms with Crippen LogP contribution in [0.4, 0.5) is 0 Å². The molecule has 0 aliphatic carbocycles. The van der Waals surface area contributed by atoms with E-state index in [1.54, 1.807) is 18.1 Å². The van der Waals surface area contributed by atoms with E-state index in [9.17, 15) is 4.79 Å². The normalized spacial score (nSPS) is 19.7. The number of piperidine rings is 1. The molecule has 2 atom stereocenters. The number of nitrogens with one attached hydrogen (secondary N) is 1. The molecule has 0 saturated carbocycles. The Morgan fingerprint density at radius 3 is 3.12 bits per heavy atom. The molecule has 0 aromatic carbocycles. The summed E-state index contributed by atoms with van der Waals surface area (Å²) in [5.74, 6) is 3.96. The number of pyridine rings is 1. The molecule has 26 heavy (non-hydrogen) atoms. The minimum absolute atomic E-state index is 0.106. The van der Waals surface area contributed by atoms with Gasteiger partial charge in [0, 0.05) is 25.7 Å². The second kappa shape index (κ2) is 8.63. The summed E-state index contributed by atoms with van der Waals surface area (Å²) in [4.78, 5) is 18.3. The maximum atomic E-state index is 12.4. The molecule has 6 nitrogen and oxygen atoms in total. The van der Waals surface area contributed by atoms with Gasteiger partial charge in [0.2, 0.25) is 5.91 Å². The molecule has 3 rings (SSSR count). The predicted molar refractivity (Wildman–Crippen MR) is 99.0 cm³/mol. The van der Waals surface area contributed by atoms with E-state index in [0.717, 1.165) is 37.3 Å². The van der Waals surface area contributed by atoms with Crippen molar-refractivity contribution in [1.82, 2.24) is 20.4 Å². The van der Waals surface area contributed by atoms with Gasteiger partial charge in [-0.3, -0.25) is 9.78 Å². The van der Waals surface area contributed by atoms with Crippen molar-refractivity contribution in [1.29, 1.82) is 0 Å². The molecule has 1 amide bonds. The zero-order chi connectivity index (χ0) is 18.4. The van der Waals surface area contributed by atoms with Gasteiger partial charge in [-0.2, -0.15) is 0 Å². The van der Waals surface area contributed by atoms with E-state index in [4.69, 9.17) is 10.9 Å². The highest BCUT2D eigenvalue weighted by Crippen LogP contribution is 2.28. The molecule has 0 bridgehead atoms. The molecule has 2 aromatic heterocycles. The van der Waals surface area contributed by atoms with Gasteiger partial charge in [-0.25, -0.2) is 0 Å². The summed E-state index contributed by atoms with van der Waals surface area (Å²) in [5.41, 5.74) is 1.67. The Kier molecular flexibility index (Phi) is 6.03. The van der Waals surface area contributed by atoms with Crippen molar-refractivity contribution in [3.05, 3.63) is 36.2 Å². The van der Waals surface area contributed by atoms with E-state index in [0.29, 0.717) is 30.6 Å². The van der Waals surface area contributed by atoms with Crippen molar-refractivity contribution in [2.24, 2.45) is 11.8 Å². The standard InChI is InChI=1S/C20H24N4O2/c1-3-10-24(2)20(25)12-15-7-9-21-14-16(15)11-17-13-19(26-23-17)18-6-4-5-8-22-18/h1,4-6,8,13,15-16,21H,7,9-12,14H2,2H3. The molecule has 136 valence electrons. The Morgan fingerprint density at radius 2 is 2.35 bits per heavy atom. The summed E-state index contributed by atoms with van der Waals surface area (Å²) in [7, 11) is 1.76. The van der Waals surface area contributed by atoms with Gasteiger partial charge in [0.1, 0.15) is 5.69 Å². The summed E-state index contributed by atoms with van der Waals surface area (Å²) >= 11 is 0. The van der Waals surface area contributed by atoms with Crippen LogP contribution in [0.2, 0.25) is 0 Å². The van der Waals surface area contributed by atoms with Crippen molar-refractivity contribution >= 4 is 5.91 Å². The van der Waals surface area contributed by atoms with Crippen LogP contribution >= 0.6 is 0 Å². The van der Waals surface area contributed by atoms with Gasteiger partial charge in [-0.1, -0.05) is 17.1 Å². The molecular weight excluding hydrogens is 328 g/mol. The number of rotatable bonds is 6. The first-order chi connectivity index (χ1) is 12.7. The molecule has 1 saturated heterocycles. The number of carbonyl (C=O) groups excluding carboxylic acids is 1. The zero-order valence-electron chi connectivity index (χ0n) is 15.0. The third-order valence-corrected chi connectivity index (χ3v) is 4.90. The van der Waals surface area contributed by atoms with Crippen LogP contribution in [-0.2, 0) is 11.2 Å². The van der Waals surface area contributed by atoms with E-state index < -0.39 is 0 Å². The van der Waals surface area contributed by atoms with Gasteiger partial charge < -0.3 is 14.7 Å². The molecule has 2 unspecified atom stereocenters. The Labute approximate surface area is 154 Å². The van der Waals surface area contributed by atoms with Crippen LogP contribution in [0.25, 0.3) is 11.5 Å². The number of carbonyl (C=O) groups is 1. The van der Waals surface area contributed by atoms with Crippen molar-refractivity contribution in [3.63, 3.8) is 0 Å². The molecule has 0 spiro atoms. The Bertz CT molecular complexity index is 766. The fraction of sp³-hybridized carbons (Fsp3) is 0.450. The molecule has 1 fully saturated rings. The topological polar surface area (TPSA) is 71.3 Å². The number of nitrogens with zero attached hydrogens (tertiary/aromatic N) is 3. The SMILES string of the molecule is C#CCN(C)C(=O)CC1CCNCC1Cc1cc(-c2ccccn2)on1. The molecule has 3 heterocycles. The quantitative estimate of drug-likeness (QED) is 0.805. The van der Waals surface area contributed by atoms with Gasteiger partial charge in [-0.05, 0) is 49.9 Å². The average molecular weight is 352 g/mol. The van der Waals surface area contributed by atoms with Crippen LogP contribution in [0.1, 0.15) is 18.5 Å². The number of aromatic nitrogens is 2. The smallest absolute Gasteiger partial charge is 0.223 e. The van der Waals surface area contributed by atoms with E-state index in [1.165, 1.54) is 0 Å². The van der Waals surface area contributed by atoms with Crippen LogP contribution in [0.5, 0.6) is 0 Å². The number of amides is 1. The summed E-state index contributed by atoms with van der Waals surface area (Å²) in [6.07, 6.45) is 9.31. The Morgan fingerprint density at radius 1 is 1.46 bits per heavy atom. The summed E-state index contributed by atoms with van der Waals surface area (Å²) in [6.45, 7) is 2.17. The van der Waals surface area contributed by atoms with E-state index in [2.05, 4.69) is 21.4 Å². The highest BCUT2D eigenvalue weighted by molar-refractivity contribution is 5.76. The van der Waals surface area contributed by atoms with Gasteiger partial charge in [-0.15, -0.1) is 6.42 Å². The maximum absolute atomic E-state index is 12.4. The number of hydrogen-bond acceptors (Lipinski definition) is 5. The van der Waals surface area contributed by atoms with E-state index in [-0.39, 0.29) is 5.91 Å². The molecule has 1 aliphatic heterocycles. The van der Waals surface area contributed by atoms with Crippen LogP contribution in [0.15, 0.2) is 35.0 Å². The molecule has 6 heteroatoms. The fourth-order valence-corrected chi connectivity index (χ4v) is 3.40. The predicted octanol–water partition coefficient (Wildman–Crippen LogP) is 1.99. The van der Waals surface area contributed by atoms with Gasteiger partial charge in [0.25, 0.3) is 0 Å². The zero-order valence-corrected chi connectivity index (χ0v) is 15.0. The summed E-state index contributed by atoms with van der Waals surface area (Å²) in [5, 5.41) is 7.62. The molecule has 1 aliphatic rings. The lowest BCUT2D eigenvalue weighted by atomic mass is 9.81. The third-order valence-electron chi connectivity index (χ3n) is 4.90. The summed E-state index contributed by atoms with van der Waals surface area (Å²) < 4.78 is 5.45. The van der Waals surface area contributed by atoms with Gasteiger partial charge >= 0.3 is 0 Å². The largest absolute Gasteiger partial charge is 0.354 e. The summed E-state index contributed by atoms with van der Waals surface area (Å²) in [6, 6.07) is 7.63. The highest BCUT2D eigenvalue weighted by atomic mass is 16.5. The second-order valence-electron chi connectivity index (χ2n) is 6.77. The van der Waals surface area contributed by atoms with Gasteiger partial charge in [0.15, 0.2) is 5.76 Å². The average Bonchev–Trinajstić information content (AvgIpc) is 3.13. The first-order valence-electron chi connectivity index (χ1n) is 8.92. The minimum Gasteiger partial charge on any atom is -0.354 e. The second-order valence-corrected chi connectivity index (χ2v) is 6.77.